The van der Waals surface area contributed by atoms with Gasteiger partial charge in [-0.1, -0.05) is 54.1 Å². The molecule has 0 aliphatic heterocycles. The Labute approximate surface area is 209 Å². The van der Waals surface area contributed by atoms with Crippen LogP contribution in [0, 0.1) is 0 Å². The van der Waals surface area contributed by atoms with E-state index in [1.54, 1.807) is 5.38 Å². The molecule has 3 aromatic carbocycles. The molecule has 1 amide bonds. The number of anilines is 1. The molecule has 34 heavy (non-hydrogen) atoms. The smallest absolute Gasteiger partial charge is 0.275 e. The molecular formula is C27H26ClN3O2S. The average Bonchev–Trinajstić information content (AvgIpc) is 3.29. The molecule has 0 atom stereocenters. The van der Waals surface area contributed by atoms with Crippen molar-refractivity contribution in [2.75, 3.05) is 19.4 Å². The first-order chi connectivity index (χ1) is 16.5. The number of ether oxygens (including phenoxy) is 1. The molecule has 4 rings (SSSR count). The molecule has 1 aromatic heterocycles. The van der Waals surface area contributed by atoms with Crippen molar-refractivity contribution in [1.82, 2.24) is 9.88 Å². The maximum atomic E-state index is 12.7. The molecule has 0 aliphatic carbocycles. The van der Waals surface area contributed by atoms with Crippen LogP contribution < -0.4 is 10.1 Å². The lowest BCUT2D eigenvalue weighted by Gasteiger charge is -2.11. The van der Waals surface area contributed by atoms with Gasteiger partial charge in [0.2, 0.25) is 0 Å². The lowest BCUT2D eigenvalue weighted by Crippen LogP contribution is -2.13. The van der Waals surface area contributed by atoms with Crippen molar-refractivity contribution in [2.45, 2.75) is 19.6 Å². The van der Waals surface area contributed by atoms with Crippen LogP contribution in [0.2, 0.25) is 5.02 Å². The molecule has 5 nitrogen and oxygen atoms in total. The van der Waals surface area contributed by atoms with Gasteiger partial charge < -0.3 is 15.0 Å². The van der Waals surface area contributed by atoms with E-state index in [1.165, 1.54) is 16.9 Å². The molecule has 0 bridgehead atoms. The van der Waals surface area contributed by atoms with E-state index in [4.69, 9.17) is 16.3 Å². The number of carbonyl (C=O) groups is 1. The van der Waals surface area contributed by atoms with E-state index in [0.29, 0.717) is 23.7 Å². The van der Waals surface area contributed by atoms with Crippen molar-refractivity contribution < 1.29 is 9.53 Å². The van der Waals surface area contributed by atoms with Gasteiger partial charge in [-0.15, -0.1) is 11.3 Å². The second-order valence-corrected chi connectivity index (χ2v) is 9.60. The Kier molecular flexibility index (Phi) is 7.95. The van der Waals surface area contributed by atoms with E-state index in [1.807, 2.05) is 86.9 Å². The van der Waals surface area contributed by atoms with Crippen molar-refractivity contribution in [3.63, 3.8) is 0 Å². The van der Waals surface area contributed by atoms with Gasteiger partial charge in [0.15, 0.2) is 0 Å². The minimum Gasteiger partial charge on any atom is -0.489 e. The number of thiazole rings is 1. The minimum absolute atomic E-state index is 0.227. The van der Waals surface area contributed by atoms with Gasteiger partial charge in [-0.05, 0) is 55.6 Å². The Hall–Kier alpha value is -3.19. The Bertz CT molecular complexity index is 1240. The summed E-state index contributed by atoms with van der Waals surface area (Å²) in [5.74, 6) is 0.529. The molecule has 1 N–H and O–H groups in total. The van der Waals surface area contributed by atoms with E-state index in [-0.39, 0.29) is 5.91 Å². The third-order valence-electron chi connectivity index (χ3n) is 5.10. The van der Waals surface area contributed by atoms with Crippen LogP contribution in [-0.2, 0) is 19.6 Å². The predicted octanol–water partition coefficient (Wildman–Crippen LogP) is 6.28. The zero-order valence-electron chi connectivity index (χ0n) is 19.1. The number of benzene rings is 3. The number of hydrogen-bond donors (Lipinski definition) is 1. The summed E-state index contributed by atoms with van der Waals surface area (Å²) in [5, 5.41) is 6.15. The molecule has 1 heterocycles. The normalized spacial score (nSPS) is 10.9. The summed E-state index contributed by atoms with van der Waals surface area (Å²) >= 11 is 7.69. The number of nitrogens with zero attached hydrogens (tertiary/aromatic N) is 2. The highest BCUT2D eigenvalue weighted by molar-refractivity contribution is 7.09. The first-order valence-corrected chi connectivity index (χ1v) is 12.2. The Balaban J connectivity index is 1.41. The van der Waals surface area contributed by atoms with E-state index in [9.17, 15) is 4.79 Å². The molecule has 0 fully saturated rings. The maximum Gasteiger partial charge on any atom is 0.275 e. The number of halogens is 1. The summed E-state index contributed by atoms with van der Waals surface area (Å²) in [6, 6.07) is 23.4. The quantitative estimate of drug-likeness (QED) is 0.299. The number of amides is 1. The number of carbonyl (C=O) groups excluding carboxylic acids is 1. The number of rotatable bonds is 9. The number of nitrogens with one attached hydrogen (secondary N) is 1. The Morgan fingerprint density at radius 1 is 1.03 bits per heavy atom. The first-order valence-electron chi connectivity index (χ1n) is 10.9. The van der Waals surface area contributed by atoms with Crippen molar-refractivity contribution >= 4 is 34.5 Å². The molecule has 174 valence electrons. The van der Waals surface area contributed by atoms with Crippen LogP contribution in [0.1, 0.15) is 32.2 Å². The van der Waals surface area contributed by atoms with Gasteiger partial charge in [0.25, 0.3) is 5.91 Å². The zero-order valence-corrected chi connectivity index (χ0v) is 20.7. The van der Waals surface area contributed by atoms with Gasteiger partial charge in [0.05, 0.1) is 5.01 Å². The van der Waals surface area contributed by atoms with Gasteiger partial charge in [-0.25, -0.2) is 4.98 Å². The fourth-order valence-corrected chi connectivity index (χ4v) is 4.47. The van der Waals surface area contributed by atoms with Gasteiger partial charge >= 0.3 is 0 Å². The van der Waals surface area contributed by atoms with Crippen molar-refractivity contribution in [1.29, 1.82) is 0 Å². The van der Waals surface area contributed by atoms with Crippen molar-refractivity contribution in [3.8, 4) is 5.75 Å². The van der Waals surface area contributed by atoms with E-state index >= 15 is 0 Å². The molecule has 7 heteroatoms. The second-order valence-electron chi connectivity index (χ2n) is 8.22. The molecule has 0 radical (unpaired) electrons. The fraction of sp³-hybridized carbons (Fsp3) is 0.185. The summed E-state index contributed by atoms with van der Waals surface area (Å²) in [4.78, 5) is 19.4. The third-order valence-corrected chi connectivity index (χ3v) is 6.18. The van der Waals surface area contributed by atoms with Gasteiger partial charge in [0, 0.05) is 34.6 Å². The summed E-state index contributed by atoms with van der Waals surface area (Å²) in [5.41, 5.74) is 4.35. The highest BCUT2D eigenvalue weighted by atomic mass is 35.5. The molecule has 0 unspecified atom stereocenters. The number of hydrogen-bond acceptors (Lipinski definition) is 5. The summed E-state index contributed by atoms with van der Waals surface area (Å²) in [6.07, 6.45) is 0.530. The topological polar surface area (TPSA) is 54.5 Å². The van der Waals surface area contributed by atoms with E-state index in [0.717, 1.165) is 34.1 Å². The van der Waals surface area contributed by atoms with Crippen LogP contribution in [-0.4, -0.2) is 29.9 Å². The van der Waals surface area contributed by atoms with Crippen LogP contribution in [0.3, 0.4) is 0 Å². The van der Waals surface area contributed by atoms with E-state index < -0.39 is 0 Å². The summed E-state index contributed by atoms with van der Waals surface area (Å²) in [7, 11) is 4.05. The average molecular weight is 492 g/mol. The minimum atomic E-state index is -0.227. The SMILES string of the molecule is CN(C)Cc1ccc(NC(=O)c2csc(Cc3cc(Cl)ccc3OCc3ccccc3)n2)cc1. The lowest BCUT2D eigenvalue weighted by atomic mass is 10.1. The first kappa shape index (κ1) is 24.0. The second kappa shape index (κ2) is 11.3. The zero-order chi connectivity index (χ0) is 23.9. The Morgan fingerprint density at radius 2 is 1.79 bits per heavy atom. The predicted molar refractivity (Wildman–Crippen MR) is 139 cm³/mol. The standard InChI is InChI=1S/C27H26ClN3O2S/c1-31(2)16-19-8-11-23(12-9-19)29-27(32)24-18-34-26(30-24)15-21-14-22(28)10-13-25(21)33-17-20-6-4-3-5-7-20/h3-14,18H,15-17H2,1-2H3,(H,29,32). The van der Waals surface area contributed by atoms with Crippen LogP contribution >= 0.6 is 22.9 Å². The van der Waals surface area contributed by atoms with Crippen LogP contribution in [0.5, 0.6) is 5.75 Å². The van der Waals surface area contributed by atoms with Crippen LogP contribution in [0.15, 0.2) is 78.2 Å². The van der Waals surface area contributed by atoms with Crippen LogP contribution in [0.4, 0.5) is 5.69 Å². The summed E-state index contributed by atoms with van der Waals surface area (Å²) in [6.45, 7) is 1.32. The molecule has 4 aromatic rings. The monoisotopic (exact) mass is 491 g/mol. The van der Waals surface area contributed by atoms with E-state index in [2.05, 4.69) is 15.2 Å². The highest BCUT2D eigenvalue weighted by Gasteiger charge is 2.14. The molecule has 0 saturated carbocycles. The highest BCUT2D eigenvalue weighted by Crippen LogP contribution is 2.27. The maximum absolute atomic E-state index is 12.7. The molecule has 0 saturated heterocycles. The molecule has 0 aliphatic rings. The third kappa shape index (κ3) is 6.67. The summed E-state index contributed by atoms with van der Waals surface area (Å²) < 4.78 is 6.05. The van der Waals surface area contributed by atoms with Gasteiger partial charge in [0.1, 0.15) is 18.1 Å². The van der Waals surface area contributed by atoms with Gasteiger partial charge in [-0.3, -0.25) is 4.79 Å². The Morgan fingerprint density at radius 3 is 2.53 bits per heavy atom. The lowest BCUT2D eigenvalue weighted by molar-refractivity contribution is 0.102. The molecule has 0 spiro atoms. The largest absolute Gasteiger partial charge is 0.489 e. The van der Waals surface area contributed by atoms with Crippen molar-refractivity contribution in [3.05, 3.63) is 111 Å². The molecular weight excluding hydrogens is 466 g/mol. The van der Waals surface area contributed by atoms with Crippen molar-refractivity contribution in [2.24, 2.45) is 0 Å². The van der Waals surface area contributed by atoms with Gasteiger partial charge in [-0.2, -0.15) is 0 Å². The fourth-order valence-electron chi connectivity index (χ4n) is 3.48. The van der Waals surface area contributed by atoms with Crippen LogP contribution in [0.25, 0.3) is 0 Å². The number of aromatic nitrogens is 1.